The molecule has 1 aromatic rings. The van der Waals surface area contributed by atoms with Crippen LogP contribution in [0.5, 0.6) is 0 Å². The number of carboxylic acid groups (broad SMARTS) is 1. The quantitative estimate of drug-likeness (QED) is 0.701. The van der Waals surface area contributed by atoms with Gasteiger partial charge in [0.15, 0.2) is 0 Å². The Hall–Kier alpha value is -1.39. The van der Waals surface area contributed by atoms with Gasteiger partial charge in [0.2, 0.25) is 0 Å². The molecule has 0 spiro atoms. The maximum atomic E-state index is 10.8. The van der Waals surface area contributed by atoms with Crippen molar-refractivity contribution in [3.63, 3.8) is 0 Å². The highest BCUT2D eigenvalue weighted by Gasteiger charge is 2.11. The molecular formula is C13H19NO3. The summed E-state index contributed by atoms with van der Waals surface area (Å²) < 4.78 is 0. The number of nitrogens with one attached hydrogen (secondary N) is 1. The van der Waals surface area contributed by atoms with Gasteiger partial charge in [-0.05, 0) is 23.6 Å². The summed E-state index contributed by atoms with van der Waals surface area (Å²) in [6.07, 6.45) is 0. The first-order valence-corrected chi connectivity index (χ1v) is 5.71. The Balaban J connectivity index is 2.62. The Bertz CT molecular complexity index is 377. The van der Waals surface area contributed by atoms with Crippen molar-refractivity contribution >= 4 is 5.97 Å². The summed E-state index contributed by atoms with van der Waals surface area (Å²) in [6, 6.07) is 6.84. The van der Waals surface area contributed by atoms with Crippen LogP contribution in [-0.2, 0) is 6.54 Å². The van der Waals surface area contributed by atoms with E-state index in [2.05, 4.69) is 5.32 Å². The topological polar surface area (TPSA) is 69.6 Å². The van der Waals surface area contributed by atoms with Crippen LogP contribution in [0.4, 0.5) is 0 Å². The van der Waals surface area contributed by atoms with E-state index >= 15 is 0 Å². The molecule has 0 aliphatic carbocycles. The zero-order chi connectivity index (χ0) is 12.8. The van der Waals surface area contributed by atoms with Crippen molar-refractivity contribution < 1.29 is 15.0 Å². The molecule has 0 heterocycles. The van der Waals surface area contributed by atoms with E-state index in [0.717, 1.165) is 5.56 Å². The number of hydrogen-bond donors (Lipinski definition) is 3. The van der Waals surface area contributed by atoms with Gasteiger partial charge in [-0.2, -0.15) is 0 Å². The van der Waals surface area contributed by atoms with Gasteiger partial charge in [0.05, 0.1) is 12.2 Å². The molecule has 0 fully saturated rings. The number of carboxylic acids is 1. The SMILES string of the molecule is CC(C)C(CO)NCc1cccc(C(=O)O)c1. The number of benzene rings is 1. The van der Waals surface area contributed by atoms with E-state index in [1.165, 1.54) is 0 Å². The molecule has 0 amide bonds. The normalized spacial score (nSPS) is 12.7. The molecule has 0 radical (unpaired) electrons. The maximum absolute atomic E-state index is 10.8. The van der Waals surface area contributed by atoms with Crippen LogP contribution in [0.3, 0.4) is 0 Å². The molecule has 0 saturated heterocycles. The van der Waals surface area contributed by atoms with Gasteiger partial charge in [0.1, 0.15) is 0 Å². The van der Waals surface area contributed by atoms with Gasteiger partial charge in [0.25, 0.3) is 0 Å². The predicted octanol–water partition coefficient (Wildman–Crippen LogP) is 1.49. The van der Waals surface area contributed by atoms with E-state index in [1.54, 1.807) is 18.2 Å². The second kappa shape index (κ2) is 6.37. The van der Waals surface area contributed by atoms with Gasteiger partial charge in [-0.25, -0.2) is 4.79 Å². The molecule has 1 unspecified atom stereocenters. The molecule has 3 N–H and O–H groups in total. The van der Waals surface area contributed by atoms with E-state index in [4.69, 9.17) is 10.2 Å². The van der Waals surface area contributed by atoms with Crippen molar-refractivity contribution in [2.75, 3.05) is 6.61 Å². The standard InChI is InChI=1S/C13H19NO3/c1-9(2)12(8-15)14-7-10-4-3-5-11(6-10)13(16)17/h3-6,9,12,14-15H,7-8H2,1-2H3,(H,16,17). The first kappa shape index (κ1) is 13.7. The van der Waals surface area contributed by atoms with E-state index in [9.17, 15) is 4.79 Å². The number of carbonyl (C=O) groups is 1. The fourth-order valence-corrected chi connectivity index (χ4v) is 1.57. The minimum absolute atomic E-state index is 0.0310. The lowest BCUT2D eigenvalue weighted by Gasteiger charge is -2.20. The van der Waals surface area contributed by atoms with Crippen molar-refractivity contribution in [3.05, 3.63) is 35.4 Å². The molecule has 94 valence electrons. The first-order valence-electron chi connectivity index (χ1n) is 5.71. The molecule has 0 saturated carbocycles. The number of aliphatic hydroxyl groups is 1. The molecule has 4 nitrogen and oxygen atoms in total. The fourth-order valence-electron chi connectivity index (χ4n) is 1.57. The third-order valence-electron chi connectivity index (χ3n) is 2.74. The van der Waals surface area contributed by atoms with Crippen LogP contribution in [0, 0.1) is 5.92 Å². The van der Waals surface area contributed by atoms with Crippen LogP contribution < -0.4 is 5.32 Å². The zero-order valence-corrected chi connectivity index (χ0v) is 10.2. The number of rotatable bonds is 6. The van der Waals surface area contributed by atoms with Gasteiger partial charge in [-0.15, -0.1) is 0 Å². The molecule has 1 rings (SSSR count). The smallest absolute Gasteiger partial charge is 0.335 e. The van der Waals surface area contributed by atoms with Crippen molar-refractivity contribution in [2.45, 2.75) is 26.4 Å². The molecule has 0 bridgehead atoms. The third-order valence-corrected chi connectivity index (χ3v) is 2.74. The third kappa shape index (κ3) is 4.17. The lowest BCUT2D eigenvalue weighted by Crippen LogP contribution is -2.36. The molecule has 1 atom stereocenters. The van der Waals surface area contributed by atoms with Crippen LogP contribution in [0.15, 0.2) is 24.3 Å². The second-order valence-corrected chi connectivity index (χ2v) is 4.42. The molecule has 4 heteroatoms. The van der Waals surface area contributed by atoms with E-state index in [-0.39, 0.29) is 18.2 Å². The Morgan fingerprint density at radius 3 is 2.65 bits per heavy atom. The monoisotopic (exact) mass is 237 g/mol. The fraction of sp³-hybridized carbons (Fsp3) is 0.462. The van der Waals surface area contributed by atoms with Crippen LogP contribution >= 0.6 is 0 Å². The average molecular weight is 237 g/mol. The maximum Gasteiger partial charge on any atom is 0.335 e. The summed E-state index contributed by atoms with van der Waals surface area (Å²) in [4.78, 5) is 10.8. The highest BCUT2D eigenvalue weighted by Crippen LogP contribution is 2.07. The highest BCUT2D eigenvalue weighted by molar-refractivity contribution is 5.87. The largest absolute Gasteiger partial charge is 0.478 e. The number of aliphatic hydroxyl groups excluding tert-OH is 1. The van der Waals surface area contributed by atoms with E-state index < -0.39 is 5.97 Å². The van der Waals surface area contributed by atoms with Crippen LogP contribution in [0.1, 0.15) is 29.8 Å². The minimum Gasteiger partial charge on any atom is -0.478 e. The van der Waals surface area contributed by atoms with Gasteiger partial charge in [-0.1, -0.05) is 26.0 Å². The lowest BCUT2D eigenvalue weighted by atomic mass is 10.0. The van der Waals surface area contributed by atoms with E-state index in [0.29, 0.717) is 12.5 Å². The average Bonchev–Trinajstić information content (AvgIpc) is 2.29. The lowest BCUT2D eigenvalue weighted by molar-refractivity contribution is 0.0696. The molecule has 0 aliphatic rings. The van der Waals surface area contributed by atoms with Gasteiger partial charge in [0, 0.05) is 12.6 Å². The van der Waals surface area contributed by atoms with Crippen LogP contribution in [0.25, 0.3) is 0 Å². The minimum atomic E-state index is -0.922. The zero-order valence-electron chi connectivity index (χ0n) is 10.2. The Morgan fingerprint density at radius 2 is 2.12 bits per heavy atom. The van der Waals surface area contributed by atoms with Gasteiger partial charge >= 0.3 is 5.97 Å². The highest BCUT2D eigenvalue weighted by atomic mass is 16.4. The van der Waals surface area contributed by atoms with Crippen molar-refractivity contribution in [1.82, 2.24) is 5.32 Å². The molecular weight excluding hydrogens is 218 g/mol. The number of hydrogen-bond acceptors (Lipinski definition) is 3. The number of aromatic carboxylic acids is 1. The molecule has 17 heavy (non-hydrogen) atoms. The predicted molar refractivity (Wildman–Crippen MR) is 66.0 cm³/mol. The summed E-state index contributed by atoms with van der Waals surface area (Å²) in [6.45, 7) is 4.70. The summed E-state index contributed by atoms with van der Waals surface area (Å²) in [5.74, 6) is -0.586. The van der Waals surface area contributed by atoms with Gasteiger partial charge < -0.3 is 15.5 Å². The summed E-state index contributed by atoms with van der Waals surface area (Å²) in [5.41, 5.74) is 1.19. The molecule has 1 aromatic carbocycles. The molecule has 0 aliphatic heterocycles. The van der Waals surface area contributed by atoms with Crippen molar-refractivity contribution in [2.24, 2.45) is 5.92 Å². The Kier molecular flexibility index (Phi) is 5.12. The summed E-state index contributed by atoms with van der Waals surface area (Å²) in [5, 5.41) is 21.2. The summed E-state index contributed by atoms with van der Waals surface area (Å²) in [7, 11) is 0. The van der Waals surface area contributed by atoms with Crippen molar-refractivity contribution in [1.29, 1.82) is 0 Å². The Morgan fingerprint density at radius 1 is 1.41 bits per heavy atom. The Labute approximate surface area is 101 Å². The van der Waals surface area contributed by atoms with Crippen molar-refractivity contribution in [3.8, 4) is 0 Å². The van der Waals surface area contributed by atoms with E-state index in [1.807, 2.05) is 19.9 Å². The van der Waals surface area contributed by atoms with Crippen LogP contribution in [-0.4, -0.2) is 28.8 Å². The second-order valence-electron chi connectivity index (χ2n) is 4.42. The summed E-state index contributed by atoms with van der Waals surface area (Å²) >= 11 is 0. The van der Waals surface area contributed by atoms with Gasteiger partial charge in [-0.3, -0.25) is 0 Å². The molecule has 0 aromatic heterocycles. The van der Waals surface area contributed by atoms with Crippen LogP contribution in [0.2, 0.25) is 0 Å². The first-order chi connectivity index (χ1) is 8.04.